The van der Waals surface area contributed by atoms with Gasteiger partial charge in [-0.05, 0) is 83.6 Å². The van der Waals surface area contributed by atoms with E-state index in [9.17, 15) is 9.18 Å². The minimum Gasteiger partial charge on any atom is -0.343 e. The summed E-state index contributed by atoms with van der Waals surface area (Å²) < 4.78 is 16.6. The van der Waals surface area contributed by atoms with Crippen LogP contribution in [0.15, 0.2) is 93.4 Å². The number of amides is 1. The maximum Gasteiger partial charge on any atom is 0.264 e. The molecule has 1 amide bonds. The number of halogens is 2. The molecule has 1 fully saturated rings. The fourth-order valence-electron chi connectivity index (χ4n) is 3.54. The van der Waals surface area contributed by atoms with Gasteiger partial charge in [0.15, 0.2) is 5.17 Å². The molecule has 0 spiro atoms. The Morgan fingerprint density at radius 1 is 1.06 bits per heavy atom. The zero-order valence-corrected chi connectivity index (χ0v) is 19.2. The SMILES string of the molecule is O=C1NC(=Nc2ccc(Br)cc2)S/C1=C/c1ccc2c(ccn2Cc2cccc(F)c2)c1. The van der Waals surface area contributed by atoms with Gasteiger partial charge in [-0.3, -0.25) is 4.79 Å². The first-order valence-corrected chi connectivity index (χ1v) is 11.5. The highest BCUT2D eigenvalue weighted by Crippen LogP contribution is 2.29. The Kier molecular flexibility index (Phi) is 5.68. The molecular weight excluding hydrogens is 489 g/mol. The molecule has 0 unspecified atom stereocenters. The number of aromatic nitrogens is 1. The second-order valence-corrected chi connectivity index (χ2v) is 9.30. The van der Waals surface area contributed by atoms with Crippen LogP contribution in [0.2, 0.25) is 0 Å². The summed E-state index contributed by atoms with van der Waals surface area (Å²) in [7, 11) is 0. The van der Waals surface area contributed by atoms with E-state index in [1.807, 2.05) is 66.9 Å². The number of hydrogen-bond donors (Lipinski definition) is 1. The lowest BCUT2D eigenvalue weighted by Crippen LogP contribution is -2.19. The Morgan fingerprint density at radius 2 is 1.91 bits per heavy atom. The van der Waals surface area contributed by atoms with Gasteiger partial charge in [-0.2, -0.15) is 0 Å². The third-order valence-electron chi connectivity index (χ3n) is 5.04. The molecule has 4 nitrogen and oxygen atoms in total. The molecule has 1 saturated heterocycles. The van der Waals surface area contributed by atoms with Gasteiger partial charge in [-0.1, -0.05) is 34.1 Å². The summed E-state index contributed by atoms with van der Waals surface area (Å²) in [6, 6.07) is 22.3. The molecule has 158 valence electrons. The van der Waals surface area contributed by atoms with E-state index < -0.39 is 0 Å². The van der Waals surface area contributed by atoms with Crippen molar-refractivity contribution in [3.05, 3.63) is 105 Å². The molecular formula is C25H17BrFN3OS. The molecule has 0 atom stereocenters. The van der Waals surface area contributed by atoms with Gasteiger partial charge in [-0.15, -0.1) is 0 Å². The number of carbonyl (C=O) groups is 1. The van der Waals surface area contributed by atoms with Crippen LogP contribution < -0.4 is 5.32 Å². The Hall–Kier alpha value is -3.16. The third-order valence-corrected chi connectivity index (χ3v) is 6.48. The Morgan fingerprint density at radius 3 is 2.72 bits per heavy atom. The molecule has 7 heteroatoms. The number of aliphatic imine (C=N–C) groups is 1. The number of carbonyl (C=O) groups excluding carboxylic acids is 1. The standard InChI is InChI=1S/C25H17BrFN3OS/c26-19-5-7-21(8-6-19)28-25-29-24(31)23(32-25)14-16-4-9-22-18(12-16)10-11-30(22)15-17-2-1-3-20(27)13-17/h1-14H,15H2,(H,28,29,31)/b23-14+. The molecule has 4 aromatic rings. The Bertz CT molecular complexity index is 1390. The highest BCUT2D eigenvalue weighted by molar-refractivity contribution is 9.10. The summed E-state index contributed by atoms with van der Waals surface area (Å²) in [5, 5.41) is 4.44. The summed E-state index contributed by atoms with van der Waals surface area (Å²) in [4.78, 5) is 17.5. The van der Waals surface area contributed by atoms with E-state index in [4.69, 9.17) is 0 Å². The quantitative estimate of drug-likeness (QED) is 0.322. The van der Waals surface area contributed by atoms with Crippen LogP contribution in [0.3, 0.4) is 0 Å². The average molecular weight is 506 g/mol. The van der Waals surface area contributed by atoms with Crippen molar-refractivity contribution in [1.82, 2.24) is 9.88 Å². The predicted octanol–water partition coefficient (Wildman–Crippen LogP) is 6.48. The van der Waals surface area contributed by atoms with Gasteiger partial charge in [0.1, 0.15) is 5.82 Å². The fourth-order valence-corrected chi connectivity index (χ4v) is 4.65. The van der Waals surface area contributed by atoms with Crippen molar-refractivity contribution in [3.8, 4) is 0 Å². The Balaban J connectivity index is 1.37. The van der Waals surface area contributed by atoms with Crippen LogP contribution in [0.4, 0.5) is 10.1 Å². The molecule has 1 N–H and O–H groups in total. The van der Waals surface area contributed by atoms with E-state index in [0.717, 1.165) is 32.2 Å². The van der Waals surface area contributed by atoms with E-state index in [2.05, 4.69) is 30.8 Å². The van der Waals surface area contributed by atoms with Gasteiger partial charge in [0, 0.05) is 28.1 Å². The molecule has 1 aromatic heterocycles. The highest BCUT2D eigenvalue weighted by atomic mass is 79.9. The number of amidine groups is 1. The van der Waals surface area contributed by atoms with Crippen molar-refractivity contribution in [3.63, 3.8) is 0 Å². The molecule has 5 rings (SSSR count). The largest absolute Gasteiger partial charge is 0.343 e. The second-order valence-electron chi connectivity index (χ2n) is 7.35. The molecule has 0 saturated carbocycles. The zero-order chi connectivity index (χ0) is 22.1. The lowest BCUT2D eigenvalue weighted by molar-refractivity contribution is -0.115. The van der Waals surface area contributed by atoms with Crippen LogP contribution in [0, 0.1) is 5.82 Å². The van der Waals surface area contributed by atoms with Crippen LogP contribution >= 0.6 is 27.7 Å². The van der Waals surface area contributed by atoms with Crippen molar-refractivity contribution in [2.24, 2.45) is 4.99 Å². The molecule has 3 aromatic carbocycles. The van der Waals surface area contributed by atoms with Crippen molar-refractivity contribution in [2.75, 3.05) is 0 Å². The number of rotatable bonds is 4. The minimum absolute atomic E-state index is 0.158. The number of hydrogen-bond acceptors (Lipinski definition) is 3. The normalized spacial score (nSPS) is 16.2. The van der Waals surface area contributed by atoms with Crippen molar-refractivity contribution >= 4 is 61.4 Å². The topological polar surface area (TPSA) is 46.4 Å². The first-order chi connectivity index (χ1) is 15.5. The number of thioether (sulfide) groups is 1. The van der Waals surface area contributed by atoms with Gasteiger partial charge in [0.25, 0.3) is 5.91 Å². The average Bonchev–Trinajstić information content (AvgIpc) is 3.32. The summed E-state index contributed by atoms with van der Waals surface area (Å²) in [5.74, 6) is -0.391. The molecule has 1 aliphatic heterocycles. The number of nitrogens with one attached hydrogen (secondary N) is 1. The minimum atomic E-state index is -0.233. The monoisotopic (exact) mass is 505 g/mol. The van der Waals surface area contributed by atoms with Crippen molar-refractivity contribution < 1.29 is 9.18 Å². The molecule has 1 aliphatic rings. The smallest absolute Gasteiger partial charge is 0.264 e. The van der Waals surface area contributed by atoms with Crippen LogP contribution in [0.5, 0.6) is 0 Å². The lowest BCUT2D eigenvalue weighted by Gasteiger charge is -2.06. The predicted molar refractivity (Wildman–Crippen MR) is 132 cm³/mol. The van der Waals surface area contributed by atoms with E-state index in [1.165, 1.54) is 17.8 Å². The van der Waals surface area contributed by atoms with Gasteiger partial charge >= 0.3 is 0 Å². The van der Waals surface area contributed by atoms with Crippen LogP contribution in [0.25, 0.3) is 17.0 Å². The van der Waals surface area contributed by atoms with Crippen LogP contribution in [-0.2, 0) is 11.3 Å². The molecule has 2 heterocycles. The molecule has 0 bridgehead atoms. The van der Waals surface area contributed by atoms with Crippen molar-refractivity contribution in [2.45, 2.75) is 6.54 Å². The van der Waals surface area contributed by atoms with Gasteiger partial charge in [0.05, 0.1) is 10.6 Å². The molecule has 0 radical (unpaired) electrons. The molecule has 32 heavy (non-hydrogen) atoms. The van der Waals surface area contributed by atoms with Gasteiger partial charge in [0.2, 0.25) is 0 Å². The van der Waals surface area contributed by atoms with Crippen LogP contribution in [0.1, 0.15) is 11.1 Å². The van der Waals surface area contributed by atoms with E-state index in [-0.39, 0.29) is 11.7 Å². The number of benzene rings is 3. The lowest BCUT2D eigenvalue weighted by atomic mass is 10.1. The summed E-state index contributed by atoms with van der Waals surface area (Å²) >= 11 is 4.73. The number of nitrogens with zero attached hydrogens (tertiary/aromatic N) is 2. The maximum absolute atomic E-state index is 13.5. The first-order valence-electron chi connectivity index (χ1n) is 9.92. The summed E-state index contributed by atoms with van der Waals surface area (Å²) in [6.07, 6.45) is 3.86. The van der Waals surface area contributed by atoms with E-state index in [1.54, 1.807) is 12.1 Å². The Labute approximate surface area is 197 Å². The zero-order valence-electron chi connectivity index (χ0n) is 16.8. The van der Waals surface area contributed by atoms with Gasteiger partial charge < -0.3 is 9.88 Å². The summed E-state index contributed by atoms with van der Waals surface area (Å²) in [6.45, 7) is 0.593. The van der Waals surface area contributed by atoms with Gasteiger partial charge in [-0.25, -0.2) is 9.38 Å². The maximum atomic E-state index is 13.5. The third kappa shape index (κ3) is 4.54. The molecule has 0 aliphatic carbocycles. The number of fused-ring (bicyclic) bond motifs is 1. The first kappa shape index (κ1) is 20.7. The second kappa shape index (κ2) is 8.76. The highest BCUT2D eigenvalue weighted by Gasteiger charge is 2.23. The van der Waals surface area contributed by atoms with E-state index in [0.29, 0.717) is 16.6 Å². The summed E-state index contributed by atoms with van der Waals surface area (Å²) in [5.41, 5.74) is 3.67. The van der Waals surface area contributed by atoms with Crippen molar-refractivity contribution in [1.29, 1.82) is 0 Å². The van der Waals surface area contributed by atoms with E-state index >= 15 is 0 Å². The van der Waals surface area contributed by atoms with Crippen LogP contribution in [-0.4, -0.2) is 15.6 Å². The fraction of sp³-hybridized carbons (Fsp3) is 0.0400.